The van der Waals surface area contributed by atoms with Crippen molar-refractivity contribution in [2.75, 3.05) is 12.4 Å². The fraction of sp³-hybridized carbons (Fsp3) is 0.111. The van der Waals surface area contributed by atoms with Crippen molar-refractivity contribution in [2.24, 2.45) is 0 Å². The zero-order chi connectivity index (χ0) is 21.0. The molecule has 29 heavy (non-hydrogen) atoms. The predicted molar refractivity (Wildman–Crippen MR) is 112 cm³/mol. The summed E-state index contributed by atoms with van der Waals surface area (Å²) < 4.78 is 32.5. The molecule has 152 valence electrons. The van der Waals surface area contributed by atoms with E-state index in [1.807, 2.05) is 0 Å². The Morgan fingerprint density at radius 1 is 1.28 bits per heavy atom. The van der Waals surface area contributed by atoms with Gasteiger partial charge in [-0.3, -0.25) is 15.0 Å². The number of pyridine rings is 1. The van der Waals surface area contributed by atoms with E-state index in [-0.39, 0.29) is 16.1 Å². The van der Waals surface area contributed by atoms with Gasteiger partial charge in [-0.15, -0.1) is 11.3 Å². The van der Waals surface area contributed by atoms with Crippen molar-refractivity contribution in [1.82, 2.24) is 10.5 Å². The van der Waals surface area contributed by atoms with Crippen LogP contribution < -0.4 is 15.5 Å². The second-order valence-electron chi connectivity index (χ2n) is 5.77. The van der Waals surface area contributed by atoms with Gasteiger partial charge in [0.05, 0.1) is 27.0 Å². The van der Waals surface area contributed by atoms with E-state index in [0.717, 1.165) is 0 Å². The smallest absolute Gasteiger partial charge is 0.277 e. The molecule has 0 aliphatic rings. The zero-order valence-electron chi connectivity index (χ0n) is 15.0. The van der Waals surface area contributed by atoms with Gasteiger partial charge in [0, 0.05) is 23.3 Å². The van der Waals surface area contributed by atoms with Crippen LogP contribution in [0.3, 0.4) is 0 Å². The molecule has 0 fully saturated rings. The quantitative estimate of drug-likeness (QED) is 0.337. The largest absolute Gasteiger partial charge is 0.497 e. The van der Waals surface area contributed by atoms with E-state index in [2.05, 4.69) is 26.2 Å². The first-order chi connectivity index (χ1) is 13.9. The first kappa shape index (κ1) is 21.2. The average molecular weight is 498 g/mol. The van der Waals surface area contributed by atoms with Gasteiger partial charge in [0.15, 0.2) is 5.37 Å². The van der Waals surface area contributed by atoms with Crippen LogP contribution in [0.4, 0.5) is 5.69 Å². The summed E-state index contributed by atoms with van der Waals surface area (Å²) >= 11 is 4.50. The fourth-order valence-electron chi connectivity index (χ4n) is 2.60. The molecule has 0 radical (unpaired) electrons. The molecule has 0 aliphatic carbocycles. The van der Waals surface area contributed by atoms with E-state index in [1.54, 1.807) is 29.7 Å². The van der Waals surface area contributed by atoms with Crippen molar-refractivity contribution in [3.05, 3.63) is 69.1 Å². The summed E-state index contributed by atoms with van der Waals surface area (Å²) in [6, 6.07) is 9.25. The number of nitrogens with zero attached hydrogens (tertiary/aromatic N) is 1. The molecule has 2 aromatic heterocycles. The zero-order valence-corrected chi connectivity index (χ0v) is 18.2. The number of hydrogen-bond donors (Lipinski definition) is 3. The standard InChI is InChI=1S/C18H16BrN3O5S2/c1-27-12-4-6-13(7-5-12)29(25,26)18(11-3-2-8-20-9-11)21-15-14(17(23)22-24)10-28-16(15)19/h2-10,18,21,24H,1H3,(H,22,23). The number of hydrogen-bond acceptors (Lipinski definition) is 8. The molecule has 3 aromatic rings. The van der Waals surface area contributed by atoms with Crippen molar-refractivity contribution >= 4 is 48.7 Å². The van der Waals surface area contributed by atoms with Crippen LogP contribution in [-0.2, 0) is 9.84 Å². The van der Waals surface area contributed by atoms with Crippen LogP contribution in [0.15, 0.2) is 62.9 Å². The molecule has 0 saturated heterocycles. The van der Waals surface area contributed by atoms with Crippen molar-refractivity contribution in [3.8, 4) is 5.75 Å². The normalized spacial score (nSPS) is 12.2. The van der Waals surface area contributed by atoms with Gasteiger partial charge in [0.1, 0.15) is 5.75 Å². The van der Waals surface area contributed by atoms with Crippen molar-refractivity contribution in [1.29, 1.82) is 0 Å². The van der Waals surface area contributed by atoms with Crippen LogP contribution in [0.25, 0.3) is 0 Å². The van der Waals surface area contributed by atoms with Gasteiger partial charge >= 0.3 is 0 Å². The summed E-state index contributed by atoms with van der Waals surface area (Å²) in [6.07, 6.45) is 2.97. The summed E-state index contributed by atoms with van der Waals surface area (Å²) in [7, 11) is -2.45. The van der Waals surface area contributed by atoms with Gasteiger partial charge < -0.3 is 10.1 Å². The minimum atomic E-state index is -3.94. The van der Waals surface area contributed by atoms with Crippen LogP contribution in [-0.4, -0.2) is 31.6 Å². The second-order valence-corrected chi connectivity index (χ2v) is 10.0. The molecule has 3 rings (SSSR count). The molecule has 0 bridgehead atoms. The lowest BCUT2D eigenvalue weighted by Crippen LogP contribution is -2.24. The van der Waals surface area contributed by atoms with E-state index < -0.39 is 21.1 Å². The van der Waals surface area contributed by atoms with Gasteiger partial charge in [-0.25, -0.2) is 13.9 Å². The Hall–Kier alpha value is -2.47. The van der Waals surface area contributed by atoms with E-state index in [9.17, 15) is 13.2 Å². The SMILES string of the molecule is COc1ccc(S(=O)(=O)C(Nc2c(C(=O)NO)csc2Br)c2cccnc2)cc1. The number of thiophene rings is 1. The maximum Gasteiger partial charge on any atom is 0.277 e. The number of anilines is 1. The van der Waals surface area contributed by atoms with Gasteiger partial charge in [-0.1, -0.05) is 6.07 Å². The number of nitrogens with one attached hydrogen (secondary N) is 2. The Morgan fingerprint density at radius 3 is 2.59 bits per heavy atom. The fourth-order valence-corrected chi connectivity index (χ4v) is 5.50. The number of benzene rings is 1. The number of hydroxylamine groups is 1. The highest BCUT2D eigenvalue weighted by Gasteiger charge is 2.32. The third-order valence-corrected chi connectivity index (χ3v) is 7.71. The maximum atomic E-state index is 13.4. The molecule has 0 aliphatic heterocycles. The Balaban J connectivity index is 2.09. The Morgan fingerprint density at radius 2 is 2.00 bits per heavy atom. The van der Waals surface area contributed by atoms with Crippen molar-refractivity contribution in [3.63, 3.8) is 0 Å². The number of aromatic nitrogens is 1. The monoisotopic (exact) mass is 497 g/mol. The Kier molecular flexibility index (Phi) is 6.52. The summed E-state index contributed by atoms with van der Waals surface area (Å²) in [6.45, 7) is 0. The average Bonchev–Trinajstić information content (AvgIpc) is 3.12. The summed E-state index contributed by atoms with van der Waals surface area (Å²) in [5.74, 6) is -0.237. The highest BCUT2D eigenvalue weighted by atomic mass is 79.9. The number of methoxy groups -OCH3 is 1. The highest BCUT2D eigenvalue weighted by molar-refractivity contribution is 9.11. The van der Waals surface area contributed by atoms with Crippen molar-refractivity contribution in [2.45, 2.75) is 10.3 Å². The molecule has 1 atom stereocenters. The van der Waals surface area contributed by atoms with Gasteiger partial charge in [0.2, 0.25) is 9.84 Å². The van der Waals surface area contributed by atoms with Gasteiger partial charge in [-0.05, 0) is 46.3 Å². The predicted octanol–water partition coefficient (Wildman–Crippen LogP) is 3.62. The lowest BCUT2D eigenvalue weighted by Gasteiger charge is -2.21. The number of carbonyl (C=O) groups excluding carboxylic acids is 1. The highest BCUT2D eigenvalue weighted by Crippen LogP contribution is 2.38. The molecular formula is C18H16BrN3O5S2. The number of halogens is 1. The topological polar surface area (TPSA) is 118 Å². The first-order valence-electron chi connectivity index (χ1n) is 8.14. The molecular weight excluding hydrogens is 482 g/mol. The Bertz CT molecular complexity index is 1100. The van der Waals surface area contributed by atoms with Crippen LogP contribution in [0.1, 0.15) is 21.3 Å². The third kappa shape index (κ3) is 4.42. The third-order valence-electron chi connectivity index (χ3n) is 4.05. The number of ether oxygens (including phenoxy) is 1. The first-order valence-corrected chi connectivity index (χ1v) is 11.4. The molecule has 0 saturated carbocycles. The van der Waals surface area contributed by atoms with Crippen molar-refractivity contribution < 1.29 is 23.2 Å². The van der Waals surface area contributed by atoms with E-state index in [4.69, 9.17) is 9.94 Å². The molecule has 1 aromatic carbocycles. The van der Waals surface area contributed by atoms with Crippen LogP contribution in [0, 0.1) is 0 Å². The molecule has 1 unspecified atom stereocenters. The molecule has 2 heterocycles. The minimum absolute atomic E-state index is 0.0687. The molecule has 3 N–H and O–H groups in total. The van der Waals surface area contributed by atoms with Crippen LogP contribution >= 0.6 is 27.3 Å². The van der Waals surface area contributed by atoms with Crippen LogP contribution in [0.2, 0.25) is 0 Å². The van der Waals surface area contributed by atoms with E-state index >= 15 is 0 Å². The lowest BCUT2D eigenvalue weighted by atomic mass is 10.2. The molecule has 11 heteroatoms. The van der Waals surface area contributed by atoms with Crippen LogP contribution in [0.5, 0.6) is 5.75 Å². The number of carbonyl (C=O) groups is 1. The molecule has 8 nitrogen and oxygen atoms in total. The van der Waals surface area contributed by atoms with Gasteiger partial charge in [-0.2, -0.15) is 0 Å². The summed E-state index contributed by atoms with van der Waals surface area (Å²) in [5, 5.41) is 12.2. The van der Waals surface area contributed by atoms with Gasteiger partial charge in [0.25, 0.3) is 5.91 Å². The van der Waals surface area contributed by atoms with E-state index in [0.29, 0.717) is 15.1 Å². The second kappa shape index (κ2) is 8.91. The molecule has 0 spiro atoms. The number of amides is 1. The number of sulfone groups is 1. The van der Waals surface area contributed by atoms with E-state index in [1.165, 1.54) is 48.4 Å². The minimum Gasteiger partial charge on any atom is -0.497 e. The summed E-state index contributed by atoms with van der Waals surface area (Å²) in [5.41, 5.74) is 2.29. The maximum absolute atomic E-state index is 13.4. The summed E-state index contributed by atoms with van der Waals surface area (Å²) in [4.78, 5) is 16.0. The molecule has 1 amide bonds. The number of rotatable bonds is 7. The lowest BCUT2D eigenvalue weighted by molar-refractivity contribution is 0.0707. The Labute approximate surface area is 179 Å².